The largest absolute Gasteiger partial charge is 0.480 e. The molecule has 1 amide bonds. The van der Waals surface area contributed by atoms with Gasteiger partial charge in [-0.2, -0.15) is 5.10 Å². The number of amides is 1. The fraction of sp³-hybridized carbons (Fsp3) is 0.583. The van der Waals surface area contributed by atoms with Crippen LogP contribution in [0, 0.1) is 11.8 Å². The molecule has 1 aromatic heterocycles. The van der Waals surface area contributed by atoms with Crippen LogP contribution in [0.25, 0.3) is 0 Å². The zero-order chi connectivity index (χ0) is 13.1. The number of carboxylic acids is 1. The fourth-order valence-electron chi connectivity index (χ4n) is 2.42. The Kier molecular flexibility index (Phi) is 3.64. The van der Waals surface area contributed by atoms with E-state index in [-0.39, 0.29) is 18.4 Å². The lowest BCUT2D eigenvalue weighted by molar-refractivity contribution is -0.137. The summed E-state index contributed by atoms with van der Waals surface area (Å²) in [6.45, 7) is 1.89. The SMILES string of the molecule is CC1CCCC1C(=O)Nc1cnn(CC(=O)O)c1. The average molecular weight is 251 g/mol. The lowest BCUT2D eigenvalue weighted by atomic mass is 9.97. The number of hydrogen-bond acceptors (Lipinski definition) is 3. The summed E-state index contributed by atoms with van der Waals surface area (Å²) < 4.78 is 1.29. The lowest BCUT2D eigenvalue weighted by Crippen LogP contribution is -2.24. The summed E-state index contributed by atoms with van der Waals surface area (Å²) in [5.74, 6) is -0.470. The summed E-state index contributed by atoms with van der Waals surface area (Å²) >= 11 is 0. The maximum absolute atomic E-state index is 12.0. The number of hydrogen-bond donors (Lipinski definition) is 2. The van der Waals surface area contributed by atoms with E-state index in [1.165, 1.54) is 17.1 Å². The van der Waals surface area contributed by atoms with Gasteiger partial charge < -0.3 is 10.4 Å². The summed E-state index contributed by atoms with van der Waals surface area (Å²) in [5.41, 5.74) is 0.556. The van der Waals surface area contributed by atoms with Gasteiger partial charge in [-0.15, -0.1) is 0 Å². The molecule has 2 unspecified atom stereocenters. The Bertz CT molecular complexity index is 455. The predicted molar refractivity (Wildman–Crippen MR) is 65.0 cm³/mol. The minimum Gasteiger partial charge on any atom is -0.480 e. The van der Waals surface area contributed by atoms with Gasteiger partial charge in [-0.1, -0.05) is 13.3 Å². The van der Waals surface area contributed by atoms with Crippen molar-refractivity contribution < 1.29 is 14.7 Å². The molecule has 1 aliphatic carbocycles. The Morgan fingerprint density at radius 3 is 2.94 bits per heavy atom. The number of carbonyl (C=O) groups excluding carboxylic acids is 1. The molecule has 0 aromatic carbocycles. The van der Waals surface area contributed by atoms with Crippen LogP contribution < -0.4 is 5.32 Å². The van der Waals surface area contributed by atoms with Gasteiger partial charge in [-0.3, -0.25) is 14.3 Å². The molecule has 18 heavy (non-hydrogen) atoms. The highest BCUT2D eigenvalue weighted by molar-refractivity contribution is 5.92. The van der Waals surface area contributed by atoms with Crippen molar-refractivity contribution in [3.8, 4) is 0 Å². The number of anilines is 1. The molecular formula is C12H17N3O3. The molecule has 98 valence electrons. The minimum atomic E-state index is -0.958. The Hall–Kier alpha value is -1.85. The summed E-state index contributed by atoms with van der Waals surface area (Å²) in [6.07, 6.45) is 6.12. The van der Waals surface area contributed by atoms with Gasteiger partial charge in [0.1, 0.15) is 6.54 Å². The van der Waals surface area contributed by atoms with Crippen LogP contribution in [0.3, 0.4) is 0 Å². The van der Waals surface area contributed by atoms with Crippen LogP contribution in [0.1, 0.15) is 26.2 Å². The zero-order valence-electron chi connectivity index (χ0n) is 10.3. The highest BCUT2D eigenvalue weighted by Gasteiger charge is 2.29. The molecule has 0 aliphatic heterocycles. The summed E-state index contributed by atoms with van der Waals surface area (Å²) in [6, 6.07) is 0. The topological polar surface area (TPSA) is 84.2 Å². The second-order valence-corrected chi connectivity index (χ2v) is 4.82. The number of aliphatic carboxylic acids is 1. The molecule has 6 nitrogen and oxygen atoms in total. The predicted octanol–water partition coefficient (Wildman–Crippen LogP) is 1.34. The van der Waals surface area contributed by atoms with Crippen LogP contribution in [0.4, 0.5) is 5.69 Å². The van der Waals surface area contributed by atoms with Crippen LogP contribution >= 0.6 is 0 Å². The van der Waals surface area contributed by atoms with E-state index in [0.29, 0.717) is 11.6 Å². The maximum atomic E-state index is 12.0. The van der Waals surface area contributed by atoms with Crippen molar-refractivity contribution in [3.05, 3.63) is 12.4 Å². The highest BCUT2D eigenvalue weighted by Crippen LogP contribution is 2.31. The van der Waals surface area contributed by atoms with Gasteiger partial charge in [-0.05, 0) is 18.8 Å². The maximum Gasteiger partial charge on any atom is 0.325 e. The molecule has 1 heterocycles. The third-order valence-electron chi connectivity index (χ3n) is 3.40. The molecule has 2 atom stereocenters. The molecule has 0 saturated heterocycles. The van der Waals surface area contributed by atoms with Gasteiger partial charge in [0.2, 0.25) is 5.91 Å². The summed E-state index contributed by atoms with van der Waals surface area (Å²) in [5, 5.41) is 15.3. The second-order valence-electron chi connectivity index (χ2n) is 4.82. The molecule has 0 radical (unpaired) electrons. The lowest BCUT2D eigenvalue weighted by Gasteiger charge is -2.13. The Labute approximate surface area is 105 Å². The van der Waals surface area contributed by atoms with Crippen LogP contribution in [0.2, 0.25) is 0 Å². The van der Waals surface area contributed by atoms with Gasteiger partial charge in [0.05, 0.1) is 11.9 Å². The third kappa shape index (κ3) is 2.88. The Balaban J connectivity index is 1.94. The van der Waals surface area contributed by atoms with E-state index in [1.54, 1.807) is 0 Å². The molecule has 0 spiro atoms. The first-order chi connectivity index (χ1) is 8.56. The Morgan fingerprint density at radius 2 is 2.33 bits per heavy atom. The molecule has 1 aromatic rings. The van der Waals surface area contributed by atoms with Crippen molar-refractivity contribution in [1.29, 1.82) is 0 Å². The third-order valence-corrected chi connectivity index (χ3v) is 3.40. The molecule has 2 rings (SSSR count). The smallest absolute Gasteiger partial charge is 0.325 e. The molecule has 6 heteroatoms. The van der Waals surface area contributed by atoms with E-state index in [9.17, 15) is 9.59 Å². The zero-order valence-corrected chi connectivity index (χ0v) is 10.3. The minimum absolute atomic E-state index is 0.00914. The normalized spacial score (nSPS) is 22.9. The van der Waals surface area contributed by atoms with Crippen LogP contribution in [-0.4, -0.2) is 26.8 Å². The quantitative estimate of drug-likeness (QED) is 0.845. The fourth-order valence-corrected chi connectivity index (χ4v) is 2.42. The van der Waals surface area contributed by atoms with E-state index in [1.807, 2.05) is 0 Å². The van der Waals surface area contributed by atoms with E-state index >= 15 is 0 Å². The molecule has 1 saturated carbocycles. The van der Waals surface area contributed by atoms with Crippen molar-refractivity contribution in [2.75, 3.05) is 5.32 Å². The number of rotatable bonds is 4. The van der Waals surface area contributed by atoms with E-state index in [4.69, 9.17) is 5.11 Å². The monoisotopic (exact) mass is 251 g/mol. The van der Waals surface area contributed by atoms with Gasteiger partial charge in [0.25, 0.3) is 0 Å². The van der Waals surface area contributed by atoms with Gasteiger partial charge in [0, 0.05) is 12.1 Å². The first-order valence-corrected chi connectivity index (χ1v) is 6.11. The van der Waals surface area contributed by atoms with Crippen molar-refractivity contribution in [3.63, 3.8) is 0 Å². The number of aromatic nitrogens is 2. The standard InChI is InChI=1S/C12H17N3O3/c1-8-3-2-4-10(8)12(18)14-9-5-13-15(6-9)7-11(16)17/h5-6,8,10H,2-4,7H2,1H3,(H,14,18)(H,16,17). The first kappa shape index (κ1) is 12.6. The van der Waals surface area contributed by atoms with Crippen LogP contribution in [0.5, 0.6) is 0 Å². The van der Waals surface area contributed by atoms with Gasteiger partial charge in [-0.25, -0.2) is 0 Å². The molecule has 0 bridgehead atoms. The van der Waals surface area contributed by atoms with Crippen molar-refractivity contribution in [2.45, 2.75) is 32.7 Å². The van der Waals surface area contributed by atoms with E-state index in [2.05, 4.69) is 17.3 Å². The van der Waals surface area contributed by atoms with Gasteiger partial charge >= 0.3 is 5.97 Å². The van der Waals surface area contributed by atoms with Crippen LogP contribution in [-0.2, 0) is 16.1 Å². The van der Waals surface area contributed by atoms with E-state index < -0.39 is 5.97 Å². The molecule has 1 aliphatic rings. The summed E-state index contributed by atoms with van der Waals surface area (Å²) in [4.78, 5) is 22.5. The average Bonchev–Trinajstić information content (AvgIpc) is 2.87. The first-order valence-electron chi connectivity index (χ1n) is 6.11. The second kappa shape index (κ2) is 5.20. The molecular weight excluding hydrogens is 234 g/mol. The van der Waals surface area contributed by atoms with Crippen LogP contribution in [0.15, 0.2) is 12.4 Å². The molecule has 1 fully saturated rings. The van der Waals surface area contributed by atoms with Crippen molar-refractivity contribution in [1.82, 2.24) is 9.78 Å². The number of carboxylic acid groups (broad SMARTS) is 1. The molecule has 2 N–H and O–H groups in total. The van der Waals surface area contributed by atoms with E-state index in [0.717, 1.165) is 19.3 Å². The Morgan fingerprint density at radius 1 is 1.56 bits per heavy atom. The highest BCUT2D eigenvalue weighted by atomic mass is 16.4. The number of carbonyl (C=O) groups is 2. The van der Waals surface area contributed by atoms with Crippen molar-refractivity contribution in [2.24, 2.45) is 11.8 Å². The van der Waals surface area contributed by atoms with Gasteiger partial charge in [0.15, 0.2) is 0 Å². The van der Waals surface area contributed by atoms with Crippen molar-refractivity contribution >= 4 is 17.6 Å². The summed E-state index contributed by atoms with van der Waals surface area (Å²) in [7, 11) is 0. The number of nitrogens with one attached hydrogen (secondary N) is 1. The number of nitrogens with zero attached hydrogens (tertiary/aromatic N) is 2.